The number of rotatable bonds is 8. The Balaban J connectivity index is 1.76. The predicted molar refractivity (Wildman–Crippen MR) is 104 cm³/mol. The summed E-state index contributed by atoms with van der Waals surface area (Å²) in [6, 6.07) is 7.70. The van der Waals surface area contributed by atoms with Crippen LogP contribution < -0.4 is 4.74 Å². The molecule has 1 fully saturated rings. The molecule has 1 aromatic heterocycles. The SMILES string of the molecule is CCOC(=O)CC1COCCN1Cc1nc(-c2ccccc2OCC)oc1C. The Morgan fingerprint density at radius 3 is 2.89 bits per heavy atom. The standard InChI is InChI=1S/C21H28N2O5/c1-4-26-19-9-7-6-8-17(19)21-22-18(15(3)28-21)13-23-10-11-25-14-16(23)12-20(24)27-5-2/h6-9,16H,4-5,10-14H2,1-3H3. The summed E-state index contributed by atoms with van der Waals surface area (Å²) in [6.45, 7) is 9.12. The van der Waals surface area contributed by atoms with Crippen molar-refractivity contribution in [3.05, 3.63) is 35.7 Å². The van der Waals surface area contributed by atoms with Gasteiger partial charge in [-0.25, -0.2) is 4.98 Å². The van der Waals surface area contributed by atoms with Crippen molar-refractivity contribution in [2.45, 2.75) is 39.8 Å². The van der Waals surface area contributed by atoms with E-state index in [0.717, 1.165) is 29.3 Å². The third-order valence-corrected chi connectivity index (χ3v) is 4.72. The van der Waals surface area contributed by atoms with Gasteiger partial charge in [-0.15, -0.1) is 0 Å². The lowest BCUT2D eigenvalue weighted by Crippen LogP contribution is -2.46. The van der Waals surface area contributed by atoms with Gasteiger partial charge in [-0.3, -0.25) is 9.69 Å². The number of nitrogens with zero attached hydrogens (tertiary/aromatic N) is 2. The van der Waals surface area contributed by atoms with Gasteiger partial charge in [0.2, 0.25) is 5.89 Å². The Morgan fingerprint density at radius 2 is 2.11 bits per heavy atom. The summed E-state index contributed by atoms with van der Waals surface area (Å²) < 4.78 is 22.3. The summed E-state index contributed by atoms with van der Waals surface area (Å²) in [5.74, 6) is 1.87. The summed E-state index contributed by atoms with van der Waals surface area (Å²) in [5, 5.41) is 0. The quantitative estimate of drug-likeness (QED) is 0.643. The van der Waals surface area contributed by atoms with Gasteiger partial charge in [-0.05, 0) is 32.9 Å². The zero-order chi connectivity index (χ0) is 19.9. The van der Waals surface area contributed by atoms with Crippen LogP contribution in [0.25, 0.3) is 11.5 Å². The molecule has 0 aliphatic carbocycles. The van der Waals surface area contributed by atoms with Gasteiger partial charge in [0.05, 0.1) is 44.1 Å². The number of aryl methyl sites for hydroxylation is 1. The molecule has 2 heterocycles. The second kappa shape index (κ2) is 9.71. The number of morpholine rings is 1. The fourth-order valence-corrected chi connectivity index (χ4v) is 3.30. The normalized spacial score (nSPS) is 17.5. The number of carbonyl (C=O) groups excluding carboxylic acids is 1. The molecule has 1 unspecified atom stereocenters. The molecule has 2 aromatic rings. The van der Waals surface area contributed by atoms with E-state index in [-0.39, 0.29) is 12.0 Å². The Labute approximate surface area is 165 Å². The second-order valence-corrected chi connectivity index (χ2v) is 6.66. The molecule has 0 amide bonds. The van der Waals surface area contributed by atoms with E-state index in [1.807, 2.05) is 45.0 Å². The molecule has 7 nitrogen and oxygen atoms in total. The fraction of sp³-hybridized carbons (Fsp3) is 0.524. The van der Waals surface area contributed by atoms with Gasteiger partial charge in [0.25, 0.3) is 0 Å². The maximum absolute atomic E-state index is 11.9. The molecule has 1 aliphatic rings. The van der Waals surface area contributed by atoms with Crippen molar-refractivity contribution in [2.24, 2.45) is 0 Å². The van der Waals surface area contributed by atoms with E-state index in [2.05, 4.69) is 4.90 Å². The van der Waals surface area contributed by atoms with Gasteiger partial charge < -0.3 is 18.6 Å². The molecule has 7 heteroatoms. The summed E-state index contributed by atoms with van der Waals surface area (Å²) in [7, 11) is 0. The van der Waals surface area contributed by atoms with Gasteiger partial charge in [0.15, 0.2) is 0 Å². The van der Waals surface area contributed by atoms with Gasteiger partial charge >= 0.3 is 5.97 Å². The van der Waals surface area contributed by atoms with Gasteiger partial charge in [-0.1, -0.05) is 12.1 Å². The number of carbonyl (C=O) groups is 1. The summed E-state index contributed by atoms with van der Waals surface area (Å²) >= 11 is 0. The molecule has 3 rings (SSSR count). The Hall–Kier alpha value is -2.38. The van der Waals surface area contributed by atoms with E-state index in [1.165, 1.54) is 0 Å². The van der Waals surface area contributed by atoms with Crippen molar-refractivity contribution in [3.63, 3.8) is 0 Å². The molecule has 28 heavy (non-hydrogen) atoms. The number of oxazole rings is 1. The van der Waals surface area contributed by atoms with Gasteiger partial charge in [0, 0.05) is 19.1 Å². The topological polar surface area (TPSA) is 74.0 Å². The number of aromatic nitrogens is 1. The van der Waals surface area contributed by atoms with Crippen LogP contribution in [0, 0.1) is 6.92 Å². The van der Waals surface area contributed by atoms with Crippen LogP contribution in [-0.2, 0) is 20.8 Å². The van der Waals surface area contributed by atoms with Crippen LogP contribution in [0.5, 0.6) is 5.75 Å². The lowest BCUT2D eigenvalue weighted by atomic mass is 10.1. The van der Waals surface area contributed by atoms with E-state index in [0.29, 0.717) is 45.3 Å². The summed E-state index contributed by atoms with van der Waals surface area (Å²) in [5.41, 5.74) is 1.70. The lowest BCUT2D eigenvalue weighted by molar-refractivity contribution is -0.146. The van der Waals surface area contributed by atoms with Gasteiger partial charge in [0.1, 0.15) is 11.5 Å². The van der Waals surface area contributed by atoms with Gasteiger partial charge in [-0.2, -0.15) is 0 Å². The van der Waals surface area contributed by atoms with Crippen molar-refractivity contribution >= 4 is 5.97 Å². The maximum Gasteiger partial charge on any atom is 0.307 e. The average molecular weight is 388 g/mol. The maximum atomic E-state index is 11.9. The molecule has 0 bridgehead atoms. The zero-order valence-corrected chi connectivity index (χ0v) is 16.8. The Morgan fingerprint density at radius 1 is 1.29 bits per heavy atom. The smallest absolute Gasteiger partial charge is 0.307 e. The zero-order valence-electron chi connectivity index (χ0n) is 16.8. The van der Waals surface area contributed by atoms with Crippen LogP contribution >= 0.6 is 0 Å². The molecular formula is C21H28N2O5. The van der Waals surface area contributed by atoms with E-state index in [4.69, 9.17) is 23.6 Å². The second-order valence-electron chi connectivity index (χ2n) is 6.66. The Bertz CT molecular complexity index is 789. The first-order chi connectivity index (χ1) is 13.6. The third-order valence-electron chi connectivity index (χ3n) is 4.72. The fourth-order valence-electron chi connectivity index (χ4n) is 3.30. The molecule has 152 valence electrons. The number of hydrogen-bond donors (Lipinski definition) is 0. The van der Waals surface area contributed by atoms with Crippen molar-refractivity contribution in [3.8, 4) is 17.2 Å². The van der Waals surface area contributed by atoms with Crippen LogP contribution in [0.1, 0.15) is 31.7 Å². The highest BCUT2D eigenvalue weighted by molar-refractivity contribution is 5.70. The minimum Gasteiger partial charge on any atom is -0.493 e. The predicted octanol–water partition coefficient (Wildman–Crippen LogP) is 3.20. The molecule has 0 saturated carbocycles. The number of para-hydroxylation sites is 1. The van der Waals surface area contributed by atoms with Crippen LogP contribution in [0.4, 0.5) is 0 Å². The molecule has 1 aliphatic heterocycles. The molecule has 1 aromatic carbocycles. The highest BCUT2D eigenvalue weighted by Crippen LogP contribution is 2.31. The number of hydrogen-bond acceptors (Lipinski definition) is 7. The first kappa shape index (κ1) is 20.4. The van der Waals surface area contributed by atoms with Crippen molar-refractivity contribution in [1.82, 2.24) is 9.88 Å². The molecule has 0 N–H and O–H groups in total. The highest BCUT2D eigenvalue weighted by atomic mass is 16.5. The number of benzene rings is 1. The molecular weight excluding hydrogens is 360 g/mol. The summed E-state index contributed by atoms with van der Waals surface area (Å²) in [4.78, 5) is 18.8. The third kappa shape index (κ3) is 4.91. The molecule has 0 spiro atoms. The monoisotopic (exact) mass is 388 g/mol. The van der Waals surface area contributed by atoms with Crippen LogP contribution in [-0.4, -0.2) is 54.9 Å². The first-order valence-corrected chi connectivity index (χ1v) is 9.78. The summed E-state index contributed by atoms with van der Waals surface area (Å²) in [6.07, 6.45) is 0.310. The largest absolute Gasteiger partial charge is 0.493 e. The first-order valence-electron chi connectivity index (χ1n) is 9.78. The van der Waals surface area contributed by atoms with Crippen LogP contribution in [0.15, 0.2) is 28.7 Å². The number of esters is 1. The minimum atomic E-state index is -0.203. The van der Waals surface area contributed by atoms with Crippen LogP contribution in [0.3, 0.4) is 0 Å². The molecule has 0 radical (unpaired) electrons. The number of ether oxygens (including phenoxy) is 3. The Kier molecular flexibility index (Phi) is 7.06. The van der Waals surface area contributed by atoms with Crippen LogP contribution in [0.2, 0.25) is 0 Å². The van der Waals surface area contributed by atoms with E-state index in [1.54, 1.807) is 0 Å². The average Bonchev–Trinajstić information content (AvgIpc) is 3.04. The van der Waals surface area contributed by atoms with E-state index >= 15 is 0 Å². The molecule has 1 saturated heterocycles. The molecule has 1 atom stereocenters. The lowest BCUT2D eigenvalue weighted by Gasteiger charge is -2.34. The van der Waals surface area contributed by atoms with Crippen molar-refractivity contribution < 1.29 is 23.4 Å². The highest BCUT2D eigenvalue weighted by Gasteiger charge is 2.28. The van der Waals surface area contributed by atoms with Crippen molar-refractivity contribution in [2.75, 3.05) is 33.0 Å². The van der Waals surface area contributed by atoms with E-state index in [9.17, 15) is 4.79 Å². The van der Waals surface area contributed by atoms with Crippen molar-refractivity contribution in [1.29, 1.82) is 0 Å². The minimum absolute atomic E-state index is 0.0249. The van der Waals surface area contributed by atoms with E-state index < -0.39 is 0 Å².